The highest BCUT2D eigenvalue weighted by molar-refractivity contribution is 6.31. The summed E-state index contributed by atoms with van der Waals surface area (Å²) in [5.41, 5.74) is 3.60. The minimum absolute atomic E-state index is 0.0606. The van der Waals surface area contributed by atoms with Gasteiger partial charge in [-0.2, -0.15) is 5.10 Å². The summed E-state index contributed by atoms with van der Waals surface area (Å²) in [5.74, 6) is 5.56. The van der Waals surface area contributed by atoms with Crippen molar-refractivity contribution in [1.29, 1.82) is 0 Å². The summed E-state index contributed by atoms with van der Waals surface area (Å²) in [4.78, 5) is 0. The van der Waals surface area contributed by atoms with E-state index < -0.39 is 0 Å². The van der Waals surface area contributed by atoms with E-state index in [1.54, 1.807) is 6.20 Å². The number of aryl methyl sites for hydroxylation is 1. The van der Waals surface area contributed by atoms with Gasteiger partial charge in [0, 0.05) is 13.2 Å². The zero-order chi connectivity index (χ0) is 12.1. The maximum atomic E-state index is 6.11. The SMILES string of the molecule is CCOC(C)C(NN)c1c(Cl)cnn1CC. The summed E-state index contributed by atoms with van der Waals surface area (Å²) in [5, 5.41) is 4.79. The summed E-state index contributed by atoms with van der Waals surface area (Å²) >= 11 is 6.11. The normalized spacial score (nSPS) is 15.1. The molecule has 0 saturated carbocycles. The molecule has 0 amide bonds. The molecule has 1 aromatic heterocycles. The first-order valence-corrected chi connectivity index (χ1v) is 5.82. The Hall–Kier alpha value is -0.620. The van der Waals surface area contributed by atoms with E-state index in [4.69, 9.17) is 22.2 Å². The van der Waals surface area contributed by atoms with Crippen molar-refractivity contribution in [2.24, 2.45) is 5.84 Å². The van der Waals surface area contributed by atoms with E-state index in [1.807, 2.05) is 25.5 Å². The van der Waals surface area contributed by atoms with Crippen molar-refractivity contribution in [3.63, 3.8) is 0 Å². The van der Waals surface area contributed by atoms with Crippen LogP contribution in [0, 0.1) is 0 Å². The lowest BCUT2D eigenvalue weighted by Gasteiger charge is -2.24. The van der Waals surface area contributed by atoms with Crippen molar-refractivity contribution >= 4 is 11.6 Å². The lowest BCUT2D eigenvalue weighted by atomic mass is 10.1. The average molecular weight is 247 g/mol. The van der Waals surface area contributed by atoms with Crippen molar-refractivity contribution in [2.45, 2.75) is 39.5 Å². The van der Waals surface area contributed by atoms with Crippen molar-refractivity contribution in [3.05, 3.63) is 16.9 Å². The van der Waals surface area contributed by atoms with Crippen LogP contribution in [0.4, 0.5) is 0 Å². The van der Waals surface area contributed by atoms with Crippen molar-refractivity contribution in [3.8, 4) is 0 Å². The standard InChI is InChI=1S/C10H19ClN4O/c1-4-15-10(8(11)6-13-15)9(14-12)7(3)16-5-2/h6-7,9,14H,4-5,12H2,1-3H3. The number of aromatic nitrogens is 2. The van der Waals surface area contributed by atoms with Gasteiger partial charge in [-0.15, -0.1) is 0 Å². The highest BCUT2D eigenvalue weighted by Crippen LogP contribution is 2.25. The van der Waals surface area contributed by atoms with Crippen LogP contribution in [0.5, 0.6) is 0 Å². The summed E-state index contributed by atoms with van der Waals surface area (Å²) in [6, 6.07) is -0.158. The summed E-state index contributed by atoms with van der Waals surface area (Å²) < 4.78 is 7.35. The number of halogens is 1. The molecule has 6 heteroatoms. The molecule has 0 aromatic carbocycles. The summed E-state index contributed by atoms with van der Waals surface area (Å²) in [6.45, 7) is 7.29. The molecule has 0 bridgehead atoms. The highest BCUT2D eigenvalue weighted by Gasteiger charge is 2.24. The molecule has 0 radical (unpaired) electrons. The molecule has 0 aliphatic carbocycles. The molecule has 0 aliphatic heterocycles. The van der Waals surface area contributed by atoms with Crippen LogP contribution >= 0.6 is 11.6 Å². The van der Waals surface area contributed by atoms with Crippen molar-refractivity contribution in [1.82, 2.24) is 15.2 Å². The van der Waals surface area contributed by atoms with Gasteiger partial charge in [-0.05, 0) is 20.8 Å². The Morgan fingerprint density at radius 2 is 2.31 bits per heavy atom. The van der Waals surface area contributed by atoms with Gasteiger partial charge in [0.1, 0.15) is 0 Å². The van der Waals surface area contributed by atoms with Crippen LogP contribution in [0.25, 0.3) is 0 Å². The highest BCUT2D eigenvalue weighted by atomic mass is 35.5. The fourth-order valence-corrected chi connectivity index (χ4v) is 1.99. The van der Waals surface area contributed by atoms with Crippen molar-refractivity contribution < 1.29 is 4.74 Å². The molecule has 0 aliphatic rings. The number of nitrogens with two attached hydrogens (primary N) is 1. The molecule has 0 fully saturated rings. The van der Waals surface area contributed by atoms with Gasteiger partial charge in [-0.1, -0.05) is 11.6 Å². The number of hydrazine groups is 1. The Morgan fingerprint density at radius 3 is 2.81 bits per heavy atom. The van der Waals surface area contributed by atoms with E-state index in [0.29, 0.717) is 11.6 Å². The van der Waals surface area contributed by atoms with E-state index in [2.05, 4.69) is 10.5 Å². The third kappa shape index (κ3) is 2.74. The quantitative estimate of drug-likeness (QED) is 0.590. The molecule has 1 rings (SSSR count). The van der Waals surface area contributed by atoms with Crippen molar-refractivity contribution in [2.75, 3.05) is 6.61 Å². The Kier molecular flexibility index (Phi) is 5.21. The summed E-state index contributed by atoms with van der Waals surface area (Å²) in [7, 11) is 0. The fraction of sp³-hybridized carbons (Fsp3) is 0.700. The number of hydrogen-bond acceptors (Lipinski definition) is 4. The minimum atomic E-state index is -0.158. The third-order valence-corrected chi connectivity index (χ3v) is 2.80. The molecule has 1 heterocycles. The predicted octanol–water partition coefficient (Wildman–Crippen LogP) is 1.49. The molecule has 1 aromatic rings. The second kappa shape index (κ2) is 6.20. The van der Waals surface area contributed by atoms with E-state index in [9.17, 15) is 0 Å². The topological polar surface area (TPSA) is 65.1 Å². The van der Waals surface area contributed by atoms with Gasteiger partial charge < -0.3 is 4.74 Å². The Balaban J connectivity index is 2.97. The van der Waals surface area contributed by atoms with Gasteiger partial charge in [0.15, 0.2) is 0 Å². The van der Waals surface area contributed by atoms with E-state index in [1.165, 1.54) is 0 Å². The first-order chi connectivity index (χ1) is 7.65. The number of ether oxygens (including phenoxy) is 1. The van der Waals surface area contributed by atoms with Gasteiger partial charge in [0.05, 0.1) is 29.1 Å². The molecule has 2 atom stereocenters. The number of hydrogen-bond donors (Lipinski definition) is 2. The van der Waals surface area contributed by atoms with Crippen LogP contribution in [0.15, 0.2) is 6.20 Å². The zero-order valence-corrected chi connectivity index (χ0v) is 10.7. The van der Waals surface area contributed by atoms with E-state index in [0.717, 1.165) is 12.2 Å². The number of nitrogens with zero attached hydrogens (tertiary/aromatic N) is 2. The Bertz CT molecular complexity index is 329. The monoisotopic (exact) mass is 246 g/mol. The molecule has 2 unspecified atom stereocenters. The molecule has 16 heavy (non-hydrogen) atoms. The maximum Gasteiger partial charge on any atom is 0.0902 e. The molecular weight excluding hydrogens is 228 g/mol. The van der Waals surface area contributed by atoms with Crippen LogP contribution in [0.2, 0.25) is 5.02 Å². The maximum absolute atomic E-state index is 6.11. The summed E-state index contributed by atoms with van der Waals surface area (Å²) in [6.07, 6.45) is 1.57. The Morgan fingerprint density at radius 1 is 1.62 bits per heavy atom. The third-order valence-electron chi connectivity index (χ3n) is 2.51. The van der Waals surface area contributed by atoms with Crippen LogP contribution in [-0.2, 0) is 11.3 Å². The lowest BCUT2D eigenvalue weighted by molar-refractivity contribution is 0.0449. The van der Waals surface area contributed by atoms with Gasteiger partial charge in [0.25, 0.3) is 0 Å². The van der Waals surface area contributed by atoms with Gasteiger partial charge >= 0.3 is 0 Å². The van der Waals surface area contributed by atoms with Crippen LogP contribution in [0.3, 0.4) is 0 Å². The molecular formula is C10H19ClN4O. The molecule has 92 valence electrons. The molecule has 5 nitrogen and oxygen atoms in total. The number of nitrogens with one attached hydrogen (secondary N) is 1. The van der Waals surface area contributed by atoms with E-state index >= 15 is 0 Å². The first kappa shape index (κ1) is 13.4. The first-order valence-electron chi connectivity index (χ1n) is 5.44. The molecule has 3 N–H and O–H groups in total. The second-order valence-electron chi connectivity index (χ2n) is 3.50. The smallest absolute Gasteiger partial charge is 0.0902 e. The molecule has 0 spiro atoms. The van der Waals surface area contributed by atoms with Gasteiger partial charge in [0.2, 0.25) is 0 Å². The van der Waals surface area contributed by atoms with Crippen LogP contribution < -0.4 is 11.3 Å². The zero-order valence-electron chi connectivity index (χ0n) is 9.90. The van der Waals surface area contributed by atoms with Gasteiger partial charge in [-0.25, -0.2) is 5.43 Å². The second-order valence-corrected chi connectivity index (χ2v) is 3.91. The number of rotatable bonds is 6. The predicted molar refractivity (Wildman–Crippen MR) is 64.1 cm³/mol. The lowest BCUT2D eigenvalue weighted by Crippen LogP contribution is -2.38. The Labute approximate surface area is 101 Å². The largest absolute Gasteiger partial charge is 0.377 e. The van der Waals surface area contributed by atoms with Crippen LogP contribution in [0.1, 0.15) is 32.5 Å². The van der Waals surface area contributed by atoms with E-state index in [-0.39, 0.29) is 12.1 Å². The average Bonchev–Trinajstić information content (AvgIpc) is 2.62. The minimum Gasteiger partial charge on any atom is -0.377 e. The van der Waals surface area contributed by atoms with Gasteiger partial charge in [-0.3, -0.25) is 10.5 Å². The van der Waals surface area contributed by atoms with Crippen LogP contribution in [-0.4, -0.2) is 22.5 Å². The molecule has 0 saturated heterocycles. The fourth-order valence-electron chi connectivity index (χ4n) is 1.73.